The summed E-state index contributed by atoms with van der Waals surface area (Å²) in [6.07, 6.45) is 4.03. The van der Waals surface area contributed by atoms with Gasteiger partial charge >= 0.3 is 0 Å². The lowest BCUT2D eigenvalue weighted by molar-refractivity contribution is -0.113. The number of nitrogens with two attached hydrogens (primary N) is 1. The zero-order valence-corrected chi connectivity index (χ0v) is 6.08. The molecule has 10 heavy (non-hydrogen) atoms. The molecule has 0 spiro atoms. The average molecular weight is 143 g/mol. The highest BCUT2D eigenvalue weighted by molar-refractivity contribution is 5.85. The maximum absolute atomic E-state index is 10.1. The fraction of sp³-hybridized carbons (Fsp3) is 0.571. The Bertz CT molecular complexity index is 130. The van der Waals surface area contributed by atoms with Crippen LogP contribution in [0.2, 0.25) is 0 Å². The quantitative estimate of drug-likeness (QED) is 0.552. The molecule has 0 heterocycles. The third-order valence-corrected chi connectivity index (χ3v) is 1.03. The first-order chi connectivity index (χ1) is 4.63. The number of amides is 1. The van der Waals surface area contributed by atoms with E-state index in [0.717, 1.165) is 0 Å². The highest BCUT2D eigenvalue weighted by Gasteiger charge is 1.91. The maximum atomic E-state index is 10.1. The highest BCUT2D eigenvalue weighted by atomic mass is 16.3. The summed E-state index contributed by atoms with van der Waals surface area (Å²) in [5.41, 5.74) is 4.82. The zero-order valence-electron chi connectivity index (χ0n) is 6.08. The van der Waals surface area contributed by atoms with Crippen LogP contribution in [0.1, 0.15) is 19.8 Å². The topological polar surface area (TPSA) is 63.3 Å². The van der Waals surface area contributed by atoms with Crippen LogP contribution in [0.4, 0.5) is 0 Å². The molecule has 0 radical (unpaired) electrons. The highest BCUT2D eigenvalue weighted by Crippen LogP contribution is 1.95. The molecule has 0 aliphatic carbocycles. The maximum Gasteiger partial charge on any atom is 0.241 e. The Labute approximate surface area is 60.5 Å². The minimum Gasteiger partial charge on any atom is -0.393 e. The lowest BCUT2D eigenvalue weighted by Crippen LogP contribution is -2.05. The summed E-state index contributed by atoms with van der Waals surface area (Å²) in [6, 6.07) is 0. The fourth-order valence-electron chi connectivity index (χ4n) is 0.537. The number of hydrogen-bond donors (Lipinski definition) is 2. The van der Waals surface area contributed by atoms with Gasteiger partial charge in [-0.05, 0) is 25.8 Å². The monoisotopic (exact) mass is 143 g/mol. The number of carbonyl (C=O) groups is 1. The molecule has 1 unspecified atom stereocenters. The number of aliphatic hydroxyl groups is 1. The van der Waals surface area contributed by atoms with E-state index in [0.29, 0.717) is 12.8 Å². The van der Waals surface area contributed by atoms with Crippen molar-refractivity contribution < 1.29 is 9.90 Å². The number of aliphatic hydroxyl groups excluding tert-OH is 1. The number of primary amides is 1. The summed E-state index contributed by atoms with van der Waals surface area (Å²) in [4.78, 5) is 10.1. The Morgan fingerprint density at radius 3 is 2.80 bits per heavy atom. The van der Waals surface area contributed by atoms with Gasteiger partial charge in [0.15, 0.2) is 0 Å². The standard InChI is InChI=1S/C7H13NO2/c1-6(9)4-2-3-5-7(8)10/h3,5-6,9H,2,4H2,1H3,(H2,8,10)/b5-3+. The van der Waals surface area contributed by atoms with E-state index in [1.165, 1.54) is 6.08 Å². The first kappa shape index (κ1) is 9.17. The van der Waals surface area contributed by atoms with Crippen molar-refractivity contribution in [1.29, 1.82) is 0 Å². The van der Waals surface area contributed by atoms with E-state index in [2.05, 4.69) is 0 Å². The lowest BCUT2D eigenvalue weighted by atomic mass is 10.2. The van der Waals surface area contributed by atoms with Crippen LogP contribution in [-0.2, 0) is 4.79 Å². The Morgan fingerprint density at radius 1 is 1.80 bits per heavy atom. The van der Waals surface area contributed by atoms with E-state index in [1.54, 1.807) is 13.0 Å². The second-order valence-corrected chi connectivity index (χ2v) is 2.23. The summed E-state index contributed by atoms with van der Waals surface area (Å²) < 4.78 is 0. The van der Waals surface area contributed by atoms with Crippen molar-refractivity contribution in [2.24, 2.45) is 5.73 Å². The van der Waals surface area contributed by atoms with Crippen molar-refractivity contribution in [2.45, 2.75) is 25.9 Å². The molecule has 3 heteroatoms. The number of carbonyl (C=O) groups excluding carboxylic acids is 1. The fourth-order valence-corrected chi connectivity index (χ4v) is 0.537. The smallest absolute Gasteiger partial charge is 0.241 e. The molecule has 1 amide bonds. The van der Waals surface area contributed by atoms with Gasteiger partial charge in [0, 0.05) is 0 Å². The molecule has 1 atom stereocenters. The molecular formula is C7H13NO2. The molecular weight excluding hydrogens is 130 g/mol. The molecule has 0 fully saturated rings. The molecule has 0 bridgehead atoms. The van der Waals surface area contributed by atoms with Crippen molar-refractivity contribution in [3.8, 4) is 0 Å². The molecule has 0 aromatic rings. The Hall–Kier alpha value is -0.830. The average Bonchev–Trinajstić information content (AvgIpc) is 1.79. The minimum atomic E-state index is -0.439. The first-order valence-electron chi connectivity index (χ1n) is 3.27. The predicted molar refractivity (Wildman–Crippen MR) is 39.2 cm³/mol. The van der Waals surface area contributed by atoms with Gasteiger partial charge in [0.2, 0.25) is 5.91 Å². The van der Waals surface area contributed by atoms with E-state index in [1.807, 2.05) is 0 Å². The van der Waals surface area contributed by atoms with Crippen LogP contribution in [-0.4, -0.2) is 17.1 Å². The summed E-state index contributed by atoms with van der Waals surface area (Å²) in [5.74, 6) is -0.439. The van der Waals surface area contributed by atoms with Gasteiger partial charge in [-0.2, -0.15) is 0 Å². The van der Waals surface area contributed by atoms with E-state index in [9.17, 15) is 4.79 Å². The SMILES string of the molecule is CC(O)CC/C=C/C(N)=O. The van der Waals surface area contributed by atoms with Gasteiger partial charge in [-0.15, -0.1) is 0 Å². The minimum absolute atomic E-state index is 0.308. The molecule has 3 N–H and O–H groups in total. The van der Waals surface area contributed by atoms with Crippen molar-refractivity contribution in [3.63, 3.8) is 0 Å². The normalized spacial score (nSPS) is 13.8. The van der Waals surface area contributed by atoms with Crippen molar-refractivity contribution >= 4 is 5.91 Å². The van der Waals surface area contributed by atoms with Crippen molar-refractivity contribution in [3.05, 3.63) is 12.2 Å². The van der Waals surface area contributed by atoms with Gasteiger partial charge in [-0.25, -0.2) is 0 Å². The van der Waals surface area contributed by atoms with E-state index in [-0.39, 0.29) is 6.10 Å². The summed E-state index contributed by atoms with van der Waals surface area (Å²) in [7, 11) is 0. The van der Waals surface area contributed by atoms with Crippen LogP contribution in [0.5, 0.6) is 0 Å². The largest absolute Gasteiger partial charge is 0.393 e. The van der Waals surface area contributed by atoms with Gasteiger partial charge in [0.25, 0.3) is 0 Å². The van der Waals surface area contributed by atoms with Crippen LogP contribution in [0, 0.1) is 0 Å². The molecule has 0 saturated heterocycles. The third-order valence-electron chi connectivity index (χ3n) is 1.03. The molecule has 0 aromatic carbocycles. The molecule has 0 aromatic heterocycles. The summed E-state index contributed by atoms with van der Waals surface area (Å²) in [5, 5.41) is 8.77. The number of hydrogen-bond acceptors (Lipinski definition) is 2. The number of allylic oxidation sites excluding steroid dienone is 1. The predicted octanol–water partition coefficient (Wildman–Crippen LogP) is 0.189. The van der Waals surface area contributed by atoms with Crippen LogP contribution < -0.4 is 5.73 Å². The van der Waals surface area contributed by atoms with Gasteiger partial charge in [0.05, 0.1) is 6.10 Å². The van der Waals surface area contributed by atoms with Crippen LogP contribution in [0.25, 0.3) is 0 Å². The molecule has 0 rings (SSSR count). The summed E-state index contributed by atoms with van der Waals surface area (Å²) in [6.45, 7) is 1.71. The van der Waals surface area contributed by atoms with Crippen molar-refractivity contribution in [2.75, 3.05) is 0 Å². The Kier molecular flexibility index (Phi) is 4.58. The third kappa shape index (κ3) is 7.17. The van der Waals surface area contributed by atoms with Gasteiger partial charge < -0.3 is 10.8 Å². The molecule has 0 saturated carbocycles. The van der Waals surface area contributed by atoms with Gasteiger partial charge in [0.1, 0.15) is 0 Å². The Balaban J connectivity index is 3.27. The second kappa shape index (κ2) is 4.99. The van der Waals surface area contributed by atoms with E-state index < -0.39 is 5.91 Å². The first-order valence-corrected chi connectivity index (χ1v) is 3.27. The molecule has 0 aliphatic rings. The second-order valence-electron chi connectivity index (χ2n) is 2.23. The molecule has 58 valence electrons. The van der Waals surface area contributed by atoms with Crippen LogP contribution in [0.15, 0.2) is 12.2 Å². The molecule has 3 nitrogen and oxygen atoms in total. The van der Waals surface area contributed by atoms with E-state index in [4.69, 9.17) is 10.8 Å². The zero-order chi connectivity index (χ0) is 7.98. The molecule has 0 aliphatic heterocycles. The van der Waals surface area contributed by atoms with Crippen molar-refractivity contribution in [1.82, 2.24) is 0 Å². The van der Waals surface area contributed by atoms with Gasteiger partial charge in [-0.1, -0.05) is 6.08 Å². The van der Waals surface area contributed by atoms with Gasteiger partial charge in [-0.3, -0.25) is 4.79 Å². The Morgan fingerprint density at radius 2 is 2.40 bits per heavy atom. The summed E-state index contributed by atoms with van der Waals surface area (Å²) >= 11 is 0. The lowest BCUT2D eigenvalue weighted by Gasteiger charge is -1.97. The van der Waals surface area contributed by atoms with Crippen LogP contribution in [0.3, 0.4) is 0 Å². The van der Waals surface area contributed by atoms with E-state index >= 15 is 0 Å². The van der Waals surface area contributed by atoms with Crippen LogP contribution >= 0.6 is 0 Å². The number of rotatable bonds is 4.